The lowest BCUT2D eigenvalue weighted by Crippen LogP contribution is -2.14. The van der Waals surface area contributed by atoms with Crippen molar-refractivity contribution in [3.05, 3.63) is 39.8 Å². The summed E-state index contributed by atoms with van der Waals surface area (Å²) in [4.78, 5) is 21.6. The third-order valence-electron chi connectivity index (χ3n) is 2.31. The standard InChI is InChI=1S/C12H13N3O2/c1-7-4-8(2)6-9(5-7)10-13-11(16)15-12(14-10)17-3/h4-6H,1-3H3,(H,13,14,15,16). The molecule has 0 bridgehead atoms. The molecule has 0 aliphatic carbocycles. The second kappa shape index (κ2) is 4.37. The van der Waals surface area contributed by atoms with E-state index in [1.54, 1.807) is 0 Å². The summed E-state index contributed by atoms with van der Waals surface area (Å²) < 4.78 is 4.88. The van der Waals surface area contributed by atoms with Gasteiger partial charge in [-0.25, -0.2) is 4.79 Å². The van der Waals surface area contributed by atoms with E-state index in [1.165, 1.54) is 7.11 Å². The maximum absolute atomic E-state index is 11.3. The number of rotatable bonds is 2. The van der Waals surface area contributed by atoms with Gasteiger partial charge in [-0.1, -0.05) is 17.2 Å². The summed E-state index contributed by atoms with van der Waals surface area (Å²) in [6.45, 7) is 3.99. The SMILES string of the molecule is COc1nc(-c2cc(C)cc(C)c2)[nH]c(=O)n1. The van der Waals surface area contributed by atoms with Crippen molar-refractivity contribution >= 4 is 0 Å². The van der Waals surface area contributed by atoms with Crippen LogP contribution in [0.15, 0.2) is 23.0 Å². The summed E-state index contributed by atoms with van der Waals surface area (Å²) in [5.41, 5.74) is 2.60. The Morgan fingerprint density at radius 1 is 1.12 bits per heavy atom. The van der Waals surface area contributed by atoms with Gasteiger partial charge in [-0.3, -0.25) is 4.98 Å². The number of aromatic nitrogens is 3. The predicted molar refractivity (Wildman–Crippen MR) is 64.1 cm³/mol. The number of hydrogen-bond acceptors (Lipinski definition) is 4. The number of nitrogens with zero attached hydrogens (tertiary/aromatic N) is 2. The van der Waals surface area contributed by atoms with Crippen molar-refractivity contribution in [1.29, 1.82) is 0 Å². The molecule has 5 heteroatoms. The molecule has 88 valence electrons. The molecule has 1 N–H and O–H groups in total. The largest absolute Gasteiger partial charge is 0.467 e. The van der Waals surface area contributed by atoms with Gasteiger partial charge >= 0.3 is 11.7 Å². The van der Waals surface area contributed by atoms with Crippen LogP contribution in [0.5, 0.6) is 6.01 Å². The lowest BCUT2D eigenvalue weighted by atomic mass is 10.1. The number of aryl methyl sites for hydroxylation is 2. The first-order valence-electron chi connectivity index (χ1n) is 5.19. The van der Waals surface area contributed by atoms with Gasteiger partial charge in [-0.05, 0) is 26.0 Å². The zero-order valence-corrected chi connectivity index (χ0v) is 9.94. The van der Waals surface area contributed by atoms with Crippen LogP contribution in [0.2, 0.25) is 0 Å². The monoisotopic (exact) mass is 231 g/mol. The Labute approximate surface area is 98.5 Å². The highest BCUT2D eigenvalue weighted by Crippen LogP contribution is 2.18. The summed E-state index contributed by atoms with van der Waals surface area (Å²) >= 11 is 0. The summed E-state index contributed by atoms with van der Waals surface area (Å²) in [7, 11) is 1.43. The van der Waals surface area contributed by atoms with Crippen LogP contribution >= 0.6 is 0 Å². The quantitative estimate of drug-likeness (QED) is 0.849. The first-order valence-corrected chi connectivity index (χ1v) is 5.19. The van der Waals surface area contributed by atoms with E-state index in [2.05, 4.69) is 21.0 Å². The smallest absolute Gasteiger partial charge is 0.351 e. The van der Waals surface area contributed by atoms with Gasteiger partial charge in [0.05, 0.1) is 7.11 Å². The van der Waals surface area contributed by atoms with E-state index < -0.39 is 5.69 Å². The Morgan fingerprint density at radius 3 is 2.35 bits per heavy atom. The number of nitrogens with one attached hydrogen (secondary N) is 1. The van der Waals surface area contributed by atoms with Gasteiger partial charge in [0.1, 0.15) is 5.82 Å². The summed E-state index contributed by atoms with van der Waals surface area (Å²) in [5.74, 6) is 0.466. The third-order valence-corrected chi connectivity index (χ3v) is 2.31. The van der Waals surface area contributed by atoms with Crippen molar-refractivity contribution < 1.29 is 4.74 Å². The number of aromatic amines is 1. The molecule has 1 aromatic carbocycles. The van der Waals surface area contributed by atoms with E-state index in [-0.39, 0.29) is 6.01 Å². The van der Waals surface area contributed by atoms with Crippen molar-refractivity contribution in [2.45, 2.75) is 13.8 Å². The van der Waals surface area contributed by atoms with Gasteiger partial charge in [-0.2, -0.15) is 4.98 Å². The zero-order valence-electron chi connectivity index (χ0n) is 9.94. The Morgan fingerprint density at radius 2 is 1.76 bits per heavy atom. The third kappa shape index (κ3) is 2.50. The molecule has 1 heterocycles. The van der Waals surface area contributed by atoms with Crippen molar-refractivity contribution in [3.8, 4) is 17.4 Å². The van der Waals surface area contributed by atoms with Crippen LogP contribution in [0.3, 0.4) is 0 Å². The van der Waals surface area contributed by atoms with Crippen LogP contribution in [0, 0.1) is 13.8 Å². The average molecular weight is 231 g/mol. The van der Waals surface area contributed by atoms with Crippen molar-refractivity contribution in [2.75, 3.05) is 7.11 Å². The minimum atomic E-state index is -0.467. The van der Waals surface area contributed by atoms with E-state index in [0.29, 0.717) is 5.82 Å². The van der Waals surface area contributed by atoms with Crippen LogP contribution in [-0.2, 0) is 0 Å². The van der Waals surface area contributed by atoms with Crippen LogP contribution in [0.4, 0.5) is 0 Å². The zero-order chi connectivity index (χ0) is 12.4. The van der Waals surface area contributed by atoms with E-state index in [9.17, 15) is 4.79 Å². The second-order valence-corrected chi connectivity index (χ2v) is 3.87. The number of hydrogen-bond donors (Lipinski definition) is 1. The van der Waals surface area contributed by atoms with E-state index in [0.717, 1.165) is 16.7 Å². The maximum Gasteiger partial charge on any atom is 0.351 e. The fourth-order valence-corrected chi connectivity index (χ4v) is 1.70. The first kappa shape index (κ1) is 11.3. The number of H-pyrrole nitrogens is 1. The van der Waals surface area contributed by atoms with Crippen LogP contribution in [0.25, 0.3) is 11.4 Å². The van der Waals surface area contributed by atoms with Gasteiger partial charge in [0.2, 0.25) is 0 Å². The Hall–Kier alpha value is -2.17. The molecule has 0 fully saturated rings. The van der Waals surface area contributed by atoms with Gasteiger partial charge in [0.15, 0.2) is 0 Å². The van der Waals surface area contributed by atoms with Gasteiger partial charge in [0.25, 0.3) is 0 Å². The fourth-order valence-electron chi connectivity index (χ4n) is 1.70. The highest BCUT2D eigenvalue weighted by Gasteiger charge is 2.06. The second-order valence-electron chi connectivity index (χ2n) is 3.87. The highest BCUT2D eigenvalue weighted by atomic mass is 16.5. The van der Waals surface area contributed by atoms with Gasteiger partial charge in [-0.15, -0.1) is 4.98 Å². The molecule has 0 atom stereocenters. The molecule has 2 aromatic rings. The Bertz CT molecular complexity index is 585. The van der Waals surface area contributed by atoms with Crippen molar-refractivity contribution in [2.24, 2.45) is 0 Å². The molecule has 0 aliphatic heterocycles. The van der Waals surface area contributed by atoms with E-state index in [1.807, 2.05) is 26.0 Å². The van der Waals surface area contributed by atoms with Crippen LogP contribution in [0.1, 0.15) is 11.1 Å². The molecule has 0 aliphatic rings. The van der Waals surface area contributed by atoms with Crippen LogP contribution < -0.4 is 10.4 Å². The minimum absolute atomic E-state index is 0.0721. The molecule has 2 rings (SSSR count). The summed E-state index contributed by atoms with van der Waals surface area (Å²) in [6, 6.07) is 6.03. The Kier molecular flexibility index (Phi) is 2.91. The average Bonchev–Trinajstić information content (AvgIpc) is 2.26. The molecule has 0 saturated heterocycles. The van der Waals surface area contributed by atoms with Gasteiger partial charge in [0, 0.05) is 5.56 Å². The molecule has 0 saturated carbocycles. The van der Waals surface area contributed by atoms with Crippen LogP contribution in [-0.4, -0.2) is 22.1 Å². The number of methoxy groups -OCH3 is 1. The van der Waals surface area contributed by atoms with E-state index >= 15 is 0 Å². The lowest BCUT2D eigenvalue weighted by Gasteiger charge is -2.05. The first-order chi connectivity index (χ1) is 8.08. The molecule has 0 amide bonds. The summed E-state index contributed by atoms with van der Waals surface area (Å²) in [6.07, 6.45) is 0. The molecule has 0 unspecified atom stereocenters. The molecule has 1 aromatic heterocycles. The molecule has 5 nitrogen and oxygen atoms in total. The van der Waals surface area contributed by atoms with Crippen molar-refractivity contribution in [3.63, 3.8) is 0 Å². The van der Waals surface area contributed by atoms with E-state index in [4.69, 9.17) is 4.74 Å². The molecular weight excluding hydrogens is 218 g/mol. The summed E-state index contributed by atoms with van der Waals surface area (Å²) in [5, 5.41) is 0. The number of benzene rings is 1. The minimum Gasteiger partial charge on any atom is -0.467 e. The maximum atomic E-state index is 11.3. The normalized spacial score (nSPS) is 10.3. The molecular formula is C12H13N3O2. The Balaban J connectivity index is 2.59. The van der Waals surface area contributed by atoms with Gasteiger partial charge < -0.3 is 4.74 Å². The van der Waals surface area contributed by atoms with Crippen molar-refractivity contribution in [1.82, 2.24) is 15.0 Å². The topological polar surface area (TPSA) is 67.9 Å². The lowest BCUT2D eigenvalue weighted by molar-refractivity contribution is 0.377. The molecule has 0 radical (unpaired) electrons. The predicted octanol–water partition coefficient (Wildman–Crippen LogP) is 1.46. The fraction of sp³-hybridized carbons (Fsp3) is 0.250. The molecule has 0 spiro atoms. The molecule has 17 heavy (non-hydrogen) atoms. The highest BCUT2D eigenvalue weighted by molar-refractivity contribution is 5.57. The number of ether oxygens (including phenoxy) is 1.